The summed E-state index contributed by atoms with van der Waals surface area (Å²) in [6.07, 6.45) is 0.0694. The minimum atomic E-state index is -4.20. The lowest BCUT2D eigenvalue weighted by Crippen LogP contribution is -2.37. The summed E-state index contributed by atoms with van der Waals surface area (Å²) in [6.45, 7) is 2.02. The molecule has 0 spiro atoms. The number of carbonyl (C=O) groups excluding carboxylic acids is 1. The van der Waals surface area contributed by atoms with Crippen LogP contribution in [0.4, 0.5) is 0 Å². The first kappa shape index (κ1) is 29.1. The Bertz CT molecular complexity index is 1820. The van der Waals surface area contributed by atoms with Gasteiger partial charge in [-0.15, -0.1) is 0 Å². The van der Waals surface area contributed by atoms with Crippen LogP contribution in [0.3, 0.4) is 0 Å². The summed E-state index contributed by atoms with van der Waals surface area (Å²) in [7, 11) is -8.35. The maximum Gasteiger partial charge on any atom is 0.303 e. The van der Waals surface area contributed by atoms with Crippen LogP contribution in [0, 0.1) is 6.92 Å². The zero-order valence-corrected chi connectivity index (χ0v) is 23.3. The van der Waals surface area contributed by atoms with Gasteiger partial charge in [-0.3, -0.25) is 14.1 Å². The van der Waals surface area contributed by atoms with E-state index in [9.17, 15) is 31.0 Å². The van der Waals surface area contributed by atoms with E-state index in [2.05, 4.69) is 5.32 Å². The van der Waals surface area contributed by atoms with Crippen molar-refractivity contribution < 1.29 is 40.7 Å². The molecule has 3 aromatic carbocycles. The number of aliphatic carboxylic acids is 1. The molecule has 1 aromatic heterocycles. The number of carboxylic acid groups (broad SMARTS) is 1. The summed E-state index contributed by atoms with van der Waals surface area (Å²) in [6, 6.07) is 18.1. The van der Waals surface area contributed by atoms with Gasteiger partial charge in [0.05, 0.1) is 26.5 Å². The smallest absolute Gasteiger partial charge is 0.303 e. The number of para-hydroxylation sites is 1. The zero-order chi connectivity index (χ0) is 29.1. The number of aromatic nitrogens is 1. The summed E-state index contributed by atoms with van der Waals surface area (Å²) in [5.74, 6) is -2.16. The van der Waals surface area contributed by atoms with E-state index in [-0.39, 0.29) is 47.7 Å². The predicted molar refractivity (Wildman–Crippen MR) is 149 cm³/mol. The van der Waals surface area contributed by atoms with E-state index in [1.165, 1.54) is 18.2 Å². The molecule has 0 aliphatic heterocycles. The highest BCUT2D eigenvalue weighted by atomic mass is 32.2. The number of fused-ring (bicyclic) bond motifs is 2. The molecular formula is C28H29N2O8S2+. The van der Waals surface area contributed by atoms with Crippen molar-refractivity contribution in [2.45, 2.75) is 42.5 Å². The number of aryl methyl sites for hydroxylation is 2. The fourth-order valence-electron chi connectivity index (χ4n) is 4.59. The van der Waals surface area contributed by atoms with Crippen molar-refractivity contribution in [1.82, 2.24) is 5.32 Å². The second-order valence-corrected chi connectivity index (χ2v) is 12.9. The van der Waals surface area contributed by atoms with E-state index < -0.39 is 37.6 Å². The topological polar surface area (TPSA) is 159 Å². The van der Waals surface area contributed by atoms with E-state index in [0.29, 0.717) is 16.3 Å². The predicted octanol–water partition coefficient (Wildman–Crippen LogP) is 3.29. The quantitative estimate of drug-likeness (QED) is 0.105. The van der Waals surface area contributed by atoms with Gasteiger partial charge in [0.25, 0.3) is 16.0 Å². The van der Waals surface area contributed by atoms with Crippen molar-refractivity contribution in [1.29, 1.82) is 0 Å². The zero-order valence-electron chi connectivity index (χ0n) is 21.7. The number of pyridine rings is 1. The Morgan fingerprint density at radius 3 is 2.27 bits per heavy atom. The normalized spacial score (nSPS) is 12.1. The molecule has 0 aliphatic carbocycles. The lowest BCUT2D eigenvalue weighted by atomic mass is 10.0. The molecule has 12 heteroatoms. The highest BCUT2D eigenvalue weighted by Gasteiger charge is 2.30. The van der Waals surface area contributed by atoms with E-state index in [1.54, 1.807) is 47.0 Å². The molecule has 0 saturated heterocycles. The average Bonchev–Trinajstić information content (AvgIpc) is 2.89. The SMILES string of the molecule is Cc1ccc(S(=O)(=O)c2ccc3c(cc4ccccc4[n+]3CCCS(=O)(=O)O)c2C(=O)NCCCC(=O)O)cc1. The highest BCUT2D eigenvalue weighted by Crippen LogP contribution is 2.31. The summed E-state index contributed by atoms with van der Waals surface area (Å²) in [5, 5.41) is 12.6. The number of nitrogens with one attached hydrogen (secondary N) is 1. The van der Waals surface area contributed by atoms with Crippen molar-refractivity contribution in [2.24, 2.45) is 0 Å². The average molecular weight is 586 g/mol. The molecule has 0 unspecified atom stereocenters. The number of carbonyl (C=O) groups is 2. The molecule has 210 valence electrons. The molecule has 4 rings (SSSR count). The largest absolute Gasteiger partial charge is 0.481 e. The molecule has 0 saturated carbocycles. The van der Waals surface area contributed by atoms with Crippen molar-refractivity contribution in [3.63, 3.8) is 0 Å². The molecule has 0 aliphatic rings. The van der Waals surface area contributed by atoms with Crippen molar-refractivity contribution in [3.8, 4) is 0 Å². The molecule has 1 heterocycles. The number of hydrogen-bond acceptors (Lipinski definition) is 6. The van der Waals surface area contributed by atoms with Gasteiger partial charge in [0.15, 0.2) is 6.54 Å². The van der Waals surface area contributed by atoms with Crippen molar-refractivity contribution in [3.05, 3.63) is 77.9 Å². The fourth-order valence-corrected chi connectivity index (χ4v) is 6.55. The van der Waals surface area contributed by atoms with Gasteiger partial charge in [0.1, 0.15) is 0 Å². The van der Waals surface area contributed by atoms with Gasteiger partial charge < -0.3 is 10.4 Å². The second-order valence-electron chi connectivity index (χ2n) is 9.44. The molecule has 1 amide bonds. The Kier molecular flexibility index (Phi) is 8.52. The van der Waals surface area contributed by atoms with Crippen LogP contribution in [0.25, 0.3) is 21.8 Å². The van der Waals surface area contributed by atoms with Gasteiger partial charge in [-0.25, -0.2) is 8.42 Å². The number of amides is 1. The number of hydrogen-bond donors (Lipinski definition) is 3. The van der Waals surface area contributed by atoms with Gasteiger partial charge >= 0.3 is 5.97 Å². The summed E-state index contributed by atoms with van der Waals surface area (Å²) in [4.78, 5) is 24.3. The van der Waals surface area contributed by atoms with E-state index >= 15 is 0 Å². The Labute approximate surface area is 231 Å². The number of carboxylic acids is 1. The monoisotopic (exact) mass is 585 g/mol. The van der Waals surface area contributed by atoms with Gasteiger partial charge in [-0.1, -0.05) is 29.8 Å². The van der Waals surface area contributed by atoms with Crippen LogP contribution in [0.5, 0.6) is 0 Å². The third-order valence-corrected chi connectivity index (χ3v) is 9.10. The minimum Gasteiger partial charge on any atom is -0.481 e. The van der Waals surface area contributed by atoms with Crippen molar-refractivity contribution >= 4 is 53.6 Å². The van der Waals surface area contributed by atoms with E-state index in [0.717, 1.165) is 11.1 Å². The van der Waals surface area contributed by atoms with Crippen LogP contribution in [-0.4, -0.2) is 50.7 Å². The maximum atomic E-state index is 13.8. The molecule has 10 nitrogen and oxygen atoms in total. The van der Waals surface area contributed by atoms with Crippen molar-refractivity contribution in [2.75, 3.05) is 12.3 Å². The molecule has 0 bridgehead atoms. The Morgan fingerprint density at radius 2 is 1.60 bits per heavy atom. The summed E-state index contributed by atoms with van der Waals surface area (Å²) in [5.41, 5.74) is 1.99. The van der Waals surface area contributed by atoms with Crippen LogP contribution < -0.4 is 9.88 Å². The Hall–Kier alpha value is -3.87. The van der Waals surface area contributed by atoms with E-state index in [1.807, 2.05) is 13.0 Å². The maximum absolute atomic E-state index is 13.8. The third kappa shape index (κ3) is 6.46. The first-order valence-electron chi connectivity index (χ1n) is 12.5. The molecule has 0 atom stereocenters. The Balaban J connectivity index is 1.94. The number of nitrogens with zero attached hydrogens (tertiary/aromatic N) is 1. The third-order valence-electron chi connectivity index (χ3n) is 6.49. The van der Waals surface area contributed by atoms with Gasteiger partial charge in [0.2, 0.25) is 20.9 Å². The number of sulfone groups is 1. The second kappa shape index (κ2) is 11.7. The number of benzene rings is 3. The summed E-state index contributed by atoms with van der Waals surface area (Å²) < 4.78 is 61.4. The first-order valence-corrected chi connectivity index (χ1v) is 15.6. The molecule has 3 N–H and O–H groups in total. The van der Waals surface area contributed by atoms with E-state index in [4.69, 9.17) is 5.11 Å². The minimum absolute atomic E-state index is 0.0131. The molecule has 40 heavy (non-hydrogen) atoms. The summed E-state index contributed by atoms with van der Waals surface area (Å²) >= 11 is 0. The molecule has 4 aromatic rings. The number of rotatable bonds is 11. The molecular weight excluding hydrogens is 556 g/mol. The van der Waals surface area contributed by atoms with Crippen LogP contribution >= 0.6 is 0 Å². The standard InChI is InChI=1S/C28H28N2O8S2/c1-19-9-11-21(12-10-19)40(37,38)25-14-13-24-22(27(25)28(33)29-15-4-8-26(31)32)18-20-6-2-3-7-23(20)30(24)16-5-17-39(34,35)36/h2-3,6-7,9-14,18H,4-5,8,15-17H2,1H3,(H2-,29,31,32,33,34,35,36)/p+1. The van der Waals surface area contributed by atoms with Crippen LogP contribution in [-0.2, 0) is 31.3 Å². The van der Waals surface area contributed by atoms with Crippen LogP contribution in [0.1, 0.15) is 35.2 Å². The van der Waals surface area contributed by atoms with Crippen LogP contribution in [0.2, 0.25) is 0 Å². The molecule has 0 radical (unpaired) electrons. The molecule has 0 fully saturated rings. The first-order chi connectivity index (χ1) is 18.9. The van der Waals surface area contributed by atoms with Gasteiger partial charge in [0, 0.05) is 36.9 Å². The lowest BCUT2D eigenvalue weighted by molar-refractivity contribution is -0.645. The Morgan fingerprint density at radius 1 is 0.900 bits per heavy atom. The highest BCUT2D eigenvalue weighted by molar-refractivity contribution is 7.91. The van der Waals surface area contributed by atoms with Gasteiger partial charge in [-0.05, 0) is 43.7 Å². The van der Waals surface area contributed by atoms with Gasteiger partial charge in [-0.2, -0.15) is 13.0 Å². The van der Waals surface area contributed by atoms with Crippen LogP contribution in [0.15, 0.2) is 76.5 Å². The fraction of sp³-hybridized carbons (Fsp3) is 0.250. The lowest BCUT2D eigenvalue weighted by Gasteiger charge is -2.15.